The highest BCUT2D eigenvalue weighted by molar-refractivity contribution is 6.01. The van der Waals surface area contributed by atoms with Crippen molar-refractivity contribution in [1.29, 1.82) is 0 Å². The van der Waals surface area contributed by atoms with Crippen LogP contribution in [0.25, 0.3) is 0 Å². The van der Waals surface area contributed by atoms with Crippen molar-refractivity contribution >= 4 is 5.78 Å². The van der Waals surface area contributed by atoms with E-state index in [1.807, 2.05) is 6.92 Å². The van der Waals surface area contributed by atoms with Gasteiger partial charge in [-0.05, 0) is 44.3 Å². The fourth-order valence-corrected chi connectivity index (χ4v) is 3.50. The molecule has 0 saturated heterocycles. The van der Waals surface area contributed by atoms with Crippen molar-refractivity contribution < 1.29 is 14.3 Å². The highest BCUT2D eigenvalue weighted by atomic mass is 19.1. The number of halogens is 1. The number of hydrogen-bond acceptors (Lipinski definition) is 2. The predicted molar refractivity (Wildman–Crippen MR) is 68.9 cm³/mol. The van der Waals surface area contributed by atoms with E-state index < -0.39 is 17.2 Å². The Morgan fingerprint density at radius 2 is 2.28 bits per heavy atom. The molecule has 0 aromatic heterocycles. The van der Waals surface area contributed by atoms with Crippen molar-refractivity contribution in [2.75, 3.05) is 0 Å². The molecule has 2 aliphatic rings. The van der Waals surface area contributed by atoms with E-state index in [9.17, 15) is 9.90 Å². The van der Waals surface area contributed by atoms with Crippen molar-refractivity contribution in [3.8, 4) is 0 Å². The van der Waals surface area contributed by atoms with Gasteiger partial charge in [-0.15, -0.1) is 0 Å². The summed E-state index contributed by atoms with van der Waals surface area (Å²) in [6, 6.07) is 0. The normalized spacial score (nSPS) is 41.3. The van der Waals surface area contributed by atoms with Gasteiger partial charge in [-0.25, -0.2) is 4.39 Å². The lowest BCUT2D eigenvalue weighted by Crippen LogP contribution is -2.58. The lowest BCUT2D eigenvalue weighted by molar-refractivity contribution is -0.118. The number of ketones is 1. The first-order chi connectivity index (χ1) is 8.36. The number of allylic oxidation sites excluding steroid dienone is 4. The highest BCUT2D eigenvalue weighted by Crippen LogP contribution is 2.56. The molecule has 3 heteroatoms. The first kappa shape index (κ1) is 13.5. The smallest absolute Gasteiger partial charge is 0.178 e. The van der Waals surface area contributed by atoms with Gasteiger partial charge < -0.3 is 5.11 Å². The van der Waals surface area contributed by atoms with Crippen molar-refractivity contribution in [2.45, 2.75) is 51.8 Å². The molecule has 18 heavy (non-hydrogen) atoms. The number of carbonyl (C=O) groups excluding carboxylic acids is 1. The number of hydrogen-bond donors (Lipinski definition) is 1. The Labute approximate surface area is 108 Å². The van der Waals surface area contributed by atoms with Crippen LogP contribution >= 0.6 is 0 Å². The first-order valence-electron chi connectivity index (χ1n) is 6.67. The SMILES string of the molecule is CC[C@H](O)[C@@]1(F)[C@H](C)CCC2=CC(=O)C=C[C@@]21C. The Hall–Kier alpha value is -0.960. The fraction of sp³-hybridized carbons (Fsp3) is 0.667. The van der Waals surface area contributed by atoms with Crippen molar-refractivity contribution in [2.24, 2.45) is 11.3 Å². The van der Waals surface area contributed by atoms with Crippen LogP contribution in [0, 0.1) is 11.3 Å². The second-order valence-corrected chi connectivity index (χ2v) is 5.74. The molecule has 1 N–H and O–H groups in total. The number of aliphatic hydroxyl groups excluding tert-OH is 1. The van der Waals surface area contributed by atoms with Crippen molar-refractivity contribution in [1.82, 2.24) is 0 Å². The number of rotatable bonds is 2. The van der Waals surface area contributed by atoms with E-state index in [0.717, 1.165) is 12.0 Å². The zero-order chi connectivity index (χ0) is 13.6. The average Bonchev–Trinajstić information content (AvgIpc) is 2.36. The van der Waals surface area contributed by atoms with Gasteiger partial charge >= 0.3 is 0 Å². The van der Waals surface area contributed by atoms with E-state index in [-0.39, 0.29) is 11.7 Å². The van der Waals surface area contributed by atoms with Crippen LogP contribution in [0.1, 0.15) is 40.0 Å². The quantitative estimate of drug-likeness (QED) is 0.820. The summed E-state index contributed by atoms with van der Waals surface area (Å²) in [5, 5.41) is 10.2. The summed E-state index contributed by atoms with van der Waals surface area (Å²) < 4.78 is 15.6. The topological polar surface area (TPSA) is 37.3 Å². The molecule has 0 heterocycles. The van der Waals surface area contributed by atoms with E-state index in [4.69, 9.17) is 0 Å². The maximum Gasteiger partial charge on any atom is 0.178 e. The molecule has 0 bridgehead atoms. The molecule has 2 rings (SSSR count). The molecule has 100 valence electrons. The molecule has 4 atom stereocenters. The van der Waals surface area contributed by atoms with Crippen LogP contribution in [0.2, 0.25) is 0 Å². The van der Waals surface area contributed by atoms with Crippen LogP contribution in [0.5, 0.6) is 0 Å². The second kappa shape index (κ2) is 4.30. The van der Waals surface area contributed by atoms with Gasteiger partial charge in [-0.1, -0.05) is 25.5 Å². The van der Waals surface area contributed by atoms with Gasteiger partial charge in [0, 0.05) is 5.41 Å². The molecule has 2 nitrogen and oxygen atoms in total. The molecule has 1 fully saturated rings. The minimum Gasteiger partial charge on any atom is -0.390 e. The van der Waals surface area contributed by atoms with E-state index in [0.29, 0.717) is 12.8 Å². The molecular formula is C15H21FO2. The molecular weight excluding hydrogens is 231 g/mol. The van der Waals surface area contributed by atoms with Gasteiger partial charge in [0.05, 0.1) is 6.10 Å². The summed E-state index contributed by atoms with van der Waals surface area (Å²) in [6.07, 6.45) is 5.41. The Morgan fingerprint density at radius 1 is 1.61 bits per heavy atom. The molecule has 0 aromatic carbocycles. The van der Waals surface area contributed by atoms with E-state index in [2.05, 4.69) is 0 Å². The number of carbonyl (C=O) groups is 1. The second-order valence-electron chi connectivity index (χ2n) is 5.74. The summed E-state index contributed by atoms with van der Waals surface area (Å²) in [4.78, 5) is 11.4. The van der Waals surface area contributed by atoms with Crippen LogP contribution in [-0.4, -0.2) is 22.7 Å². The fourth-order valence-electron chi connectivity index (χ4n) is 3.50. The van der Waals surface area contributed by atoms with Gasteiger partial charge in [0.1, 0.15) is 0 Å². The summed E-state index contributed by atoms with van der Waals surface area (Å²) in [5.41, 5.74) is -1.72. The van der Waals surface area contributed by atoms with E-state index >= 15 is 4.39 Å². The number of fused-ring (bicyclic) bond motifs is 1. The molecule has 0 radical (unpaired) electrons. The Morgan fingerprint density at radius 3 is 2.89 bits per heavy atom. The van der Waals surface area contributed by atoms with Gasteiger partial charge in [-0.2, -0.15) is 0 Å². The average molecular weight is 252 g/mol. The molecule has 1 saturated carbocycles. The van der Waals surface area contributed by atoms with Crippen LogP contribution in [0.3, 0.4) is 0 Å². The predicted octanol–water partition coefficient (Wildman–Crippen LogP) is 2.97. The van der Waals surface area contributed by atoms with E-state index in [1.165, 1.54) is 6.08 Å². The van der Waals surface area contributed by atoms with Crippen molar-refractivity contribution in [3.63, 3.8) is 0 Å². The summed E-state index contributed by atoms with van der Waals surface area (Å²) >= 11 is 0. The van der Waals surface area contributed by atoms with Crippen molar-refractivity contribution in [3.05, 3.63) is 23.8 Å². The first-order valence-corrected chi connectivity index (χ1v) is 6.67. The maximum atomic E-state index is 15.6. The third-order valence-electron chi connectivity index (χ3n) is 4.80. The van der Waals surface area contributed by atoms with E-state index in [1.54, 1.807) is 26.0 Å². The molecule has 0 amide bonds. The Balaban J connectivity index is 2.53. The van der Waals surface area contributed by atoms with Gasteiger partial charge in [0.2, 0.25) is 0 Å². The summed E-state index contributed by atoms with van der Waals surface area (Å²) in [6.45, 7) is 5.44. The summed E-state index contributed by atoms with van der Waals surface area (Å²) in [7, 11) is 0. The van der Waals surface area contributed by atoms with Gasteiger partial charge in [0.25, 0.3) is 0 Å². The third-order valence-corrected chi connectivity index (χ3v) is 4.80. The monoisotopic (exact) mass is 252 g/mol. The van der Waals surface area contributed by atoms with Crippen LogP contribution in [0.15, 0.2) is 23.8 Å². The zero-order valence-electron chi connectivity index (χ0n) is 11.2. The third kappa shape index (κ3) is 1.60. The minimum atomic E-state index is -1.69. The lowest BCUT2D eigenvalue weighted by Gasteiger charge is -2.53. The Kier molecular flexibility index (Phi) is 3.22. The largest absolute Gasteiger partial charge is 0.390 e. The standard InChI is InChI=1S/C15H21FO2/c1-4-13(18)15(16)10(2)5-6-11-9-12(17)7-8-14(11,15)3/h7-10,13,18H,4-6H2,1-3H3/t10-,13+,14+,15+/m1/s1. The molecule has 0 unspecified atom stereocenters. The van der Waals surface area contributed by atoms with Gasteiger partial charge in [-0.3, -0.25) is 4.79 Å². The van der Waals surface area contributed by atoms with Crippen LogP contribution in [0.4, 0.5) is 4.39 Å². The number of alkyl halides is 1. The van der Waals surface area contributed by atoms with Crippen LogP contribution in [-0.2, 0) is 4.79 Å². The molecule has 0 aromatic rings. The molecule has 0 spiro atoms. The minimum absolute atomic E-state index is 0.0784. The van der Waals surface area contributed by atoms with Gasteiger partial charge in [0.15, 0.2) is 11.5 Å². The lowest BCUT2D eigenvalue weighted by atomic mass is 9.55. The number of aliphatic hydroxyl groups is 1. The van der Waals surface area contributed by atoms with Crippen LogP contribution < -0.4 is 0 Å². The maximum absolute atomic E-state index is 15.6. The molecule has 0 aliphatic heterocycles. The Bertz CT molecular complexity index is 420. The highest BCUT2D eigenvalue weighted by Gasteiger charge is 2.59. The summed E-state index contributed by atoms with van der Waals surface area (Å²) in [5.74, 6) is -0.294. The molecule has 2 aliphatic carbocycles. The zero-order valence-corrected chi connectivity index (χ0v) is 11.2.